The van der Waals surface area contributed by atoms with Crippen molar-refractivity contribution in [1.29, 1.82) is 0 Å². The SMILES string of the molecule is CC1CCN(C(=O)CCc2ccco2)CC1. The average Bonchev–Trinajstić information content (AvgIpc) is 2.80. The minimum Gasteiger partial charge on any atom is -0.469 e. The molecule has 1 amide bonds. The van der Waals surface area contributed by atoms with Crippen molar-refractivity contribution in [1.82, 2.24) is 4.90 Å². The second-order valence-corrected chi connectivity index (χ2v) is 4.64. The number of nitrogens with zero attached hydrogens (tertiary/aromatic N) is 1. The topological polar surface area (TPSA) is 33.5 Å². The predicted molar refractivity (Wildman–Crippen MR) is 62.0 cm³/mol. The van der Waals surface area contributed by atoms with E-state index in [0.717, 1.165) is 44.0 Å². The molecule has 0 unspecified atom stereocenters. The Bertz CT molecular complexity index is 324. The van der Waals surface area contributed by atoms with Crippen LogP contribution in [0.25, 0.3) is 0 Å². The highest BCUT2D eigenvalue weighted by molar-refractivity contribution is 5.76. The van der Waals surface area contributed by atoms with Crippen molar-refractivity contribution in [2.24, 2.45) is 5.92 Å². The van der Waals surface area contributed by atoms with Gasteiger partial charge in [0.15, 0.2) is 0 Å². The molecule has 0 saturated carbocycles. The molecule has 1 saturated heterocycles. The van der Waals surface area contributed by atoms with E-state index in [1.807, 2.05) is 17.0 Å². The Morgan fingerprint density at radius 3 is 2.88 bits per heavy atom. The molecule has 1 aliphatic heterocycles. The number of hydrogen-bond acceptors (Lipinski definition) is 2. The Balaban J connectivity index is 1.75. The van der Waals surface area contributed by atoms with E-state index in [4.69, 9.17) is 4.42 Å². The molecule has 0 spiro atoms. The molecule has 3 nitrogen and oxygen atoms in total. The van der Waals surface area contributed by atoms with Crippen LogP contribution in [0, 0.1) is 5.92 Å². The number of piperidine rings is 1. The van der Waals surface area contributed by atoms with E-state index in [1.165, 1.54) is 0 Å². The van der Waals surface area contributed by atoms with E-state index < -0.39 is 0 Å². The molecule has 2 rings (SSSR count). The Morgan fingerprint density at radius 1 is 1.50 bits per heavy atom. The molecule has 1 aliphatic rings. The van der Waals surface area contributed by atoms with Crippen LogP contribution >= 0.6 is 0 Å². The van der Waals surface area contributed by atoms with Crippen molar-refractivity contribution in [2.45, 2.75) is 32.6 Å². The molecular weight excluding hydrogens is 202 g/mol. The summed E-state index contributed by atoms with van der Waals surface area (Å²) in [5, 5.41) is 0. The zero-order valence-corrected chi connectivity index (χ0v) is 9.82. The lowest BCUT2D eigenvalue weighted by Crippen LogP contribution is -2.37. The number of hydrogen-bond donors (Lipinski definition) is 0. The molecular formula is C13H19NO2. The highest BCUT2D eigenvalue weighted by Gasteiger charge is 2.19. The molecule has 0 aromatic carbocycles. The molecule has 1 aromatic rings. The summed E-state index contributed by atoms with van der Waals surface area (Å²) in [5.74, 6) is 1.94. The molecule has 16 heavy (non-hydrogen) atoms. The van der Waals surface area contributed by atoms with E-state index in [9.17, 15) is 4.79 Å². The Labute approximate surface area is 96.4 Å². The molecule has 1 fully saturated rings. The van der Waals surface area contributed by atoms with Gasteiger partial charge in [-0.3, -0.25) is 4.79 Å². The largest absolute Gasteiger partial charge is 0.469 e. The van der Waals surface area contributed by atoms with E-state index in [2.05, 4.69) is 6.92 Å². The third kappa shape index (κ3) is 2.87. The summed E-state index contributed by atoms with van der Waals surface area (Å²) in [6.07, 6.45) is 5.24. The number of carbonyl (C=O) groups is 1. The lowest BCUT2D eigenvalue weighted by Gasteiger charge is -2.30. The summed E-state index contributed by atoms with van der Waals surface area (Å²) in [6, 6.07) is 3.79. The maximum atomic E-state index is 11.9. The highest BCUT2D eigenvalue weighted by atomic mass is 16.3. The van der Waals surface area contributed by atoms with Gasteiger partial charge in [0.1, 0.15) is 5.76 Å². The summed E-state index contributed by atoms with van der Waals surface area (Å²) in [7, 11) is 0. The fourth-order valence-electron chi connectivity index (χ4n) is 2.10. The average molecular weight is 221 g/mol. The number of likely N-dealkylation sites (tertiary alicyclic amines) is 1. The lowest BCUT2D eigenvalue weighted by molar-refractivity contribution is -0.132. The van der Waals surface area contributed by atoms with Crippen molar-refractivity contribution in [3.63, 3.8) is 0 Å². The summed E-state index contributed by atoms with van der Waals surface area (Å²) in [5.41, 5.74) is 0. The standard InChI is InChI=1S/C13H19NO2/c1-11-6-8-14(9-7-11)13(15)5-4-12-3-2-10-16-12/h2-3,10-11H,4-9H2,1H3. The van der Waals surface area contributed by atoms with Crippen LogP contribution in [0.5, 0.6) is 0 Å². The molecule has 88 valence electrons. The maximum absolute atomic E-state index is 11.9. The Kier molecular flexibility index (Phi) is 3.65. The zero-order chi connectivity index (χ0) is 11.4. The van der Waals surface area contributed by atoms with Gasteiger partial charge >= 0.3 is 0 Å². The molecule has 0 aliphatic carbocycles. The fraction of sp³-hybridized carbons (Fsp3) is 0.615. The maximum Gasteiger partial charge on any atom is 0.223 e. The van der Waals surface area contributed by atoms with Crippen LogP contribution in [0.2, 0.25) is 0 Å². The van der Waals surface area contributed by atoms with Gasteiger partial charge in [-0.25, -0.2) is 0 Å². The van der Waals surface area contributed by atoms with Gasteiger partial charge in [0.05, 0.1) is 6.26 Å². The van der Waals surface area contributed by atoms with Gasteiger partial charge in [-0.1, -0.05) is 6.92 Å². The van der Waals surface area contributed by atoms with Gasteiger partial charge < -0.3 is 9.32 Å². The normalized spacial score (nSPS) is 17.7. The molecule has 0 radical (unpaired) electrons. The summed E-state index contributed by atoms with van der Waals surface area (Å²) < 4.78 is 5.22. The summed E-state index contributed by atoms with van der Waals surface area (Å²) in [6.45, 7) is 4.11. The minimum absolute atomic E-state index is 0.267. The van der Waals surface area contributed by atoms with Crippen LogP contribution in [0.15, 0.2) is 22.8 Å². The molecule has 0 bridgehead atoms. The molecule has 0 atom stereocenters. The van der Waals surface area contributed by atoms with Crippen molar-refractivity contribution in [3.05, 3.63) is 24.2 Å². The second kappa shape index (κ2) is 5.19. The number of amides is 1. The second-order valence-electron chi connectivity index (χ2n) is 4.64. The first-order valence-corrected chi connectivity index (χ1v) is 6.06. The quantitative estimate of drug-likeness (QED) is 0.785. The number of rotatable bonds is 3. The number of carbonyl (C=O) groups excluding carboxylic acids is 1. The smallest absolute Gasteiger partial charge is 0.223 e. The van der Waals surface area contributed by atoms with Gasteiger partial charge in [-0.2, -0.15) is 0 Å². The molecule has 1 aromatic heterocycles. The van der Waals surface area contributed by atoms with Gasteiger partial charge in [-0.15, -0.1) is 0 Å². The Hall–Kier alpha value is -1.25. The predicted octanol–water partition coefficient (Wildman–Crippen LogP) is 2.47. The Morgan fingerprint density at radius 2 is 2.25 bits per heavy atom. The van der Waals surface area contributed by atoms with Crippen molar-refractivity contribution in [3.8, 4) is 0 Å². The molecule has 2 heterocycles. The van der Waals surface area contributed by atoms with Crippen LogP contribution in [-0.4, -0.2) is 23.9 Å². The van der Waals surface area contributed by atoms with E-state index in [1.54, 1.807) is 6.26 Å². The first kappa shape index (κ1) is 11.2. The van der Waals surface area contributed by atoms with Crippen LogP contribution < -0.4 is 0 Å². The first-order chi connectivity index (χ1) is 7.75. The van der Waals surface area contributed by atoms with Gasteiger partial charge in [0, 0.05) is 25.9 Å². The zero-order valence-electron chi connectivity index (χ0n) is 9.82. The summed E-state index contributed by atoms with van der Waals surface area (Å²) in [4.78, 5) is 13.9. The van der Waals surface area contributed by atoms with Gasteiger partial charge in [0.25, 0.3) is 0 Å². The minimum atomic E-state index is 0.267. The van der Waals surface area contributed by atoms with Crippen LogP contribution in [0.3, 0.4) is 0 Å². The fourth-order valence-corrected chi connectivity index (χ4v) is 2.10. The van der Waals surface area contributed by atoms with Gasteiger partial charge in [0.2, 0.25) is 5.91 Å². The summed E-state index contributed by atoms with van der Waals surface area (Å²) >= 11 is 0. The van der Waals surface area contributed by atoms with Crippen molar-refractivity contribution < 1.29 is 9.21 Å². The third-order valence-corrected chi connectivity index (χ3v) is 3.30. The number of aryl methyl sites for hydroxylation is 1. The van der Waals surface area contributed by atoms with Crippen LogP contribution in [-0.2, 0) is 11.2 Å². The van der Waals surface area contributed by atoms with E-state index >= 15 is 0 Å². The van der Waals surface area contributed by atoms with Crippen molar-refractivity contribution in [2.75, 3.05) is 13.1 Å². The van der Waals surface area contributed by atoms with E-state index in [-0.39, 0.29) is 5.91 Å². The first-order valence-electron chi connectivity index (χ1n) is 6.06. The monoisotopic (exact) mass is 221 g/mol. The lowest BCUT2D eigenvalue weighted by atomic mass is 9.99. The van der Waals surface area contributed by atoms with Gasteiger partial charge in [-0.05, 0) is 30.9 Å². The molecule has 0 N–H and O–H groups in total. The van der Waals surface area contributed by atoms with Crippen molar-refractivity contribution >= 4 is 5.91 Å². The molecule has 3 heteroatoms. The third-order valence-electron chi connectivity index (χ3n) is 3.30. The highest BCUT2D eigenvalue weighted by Crippen LogP contribution is 2.17. The number of furan rings is 1. The van der Waals surface area contributed by atoms with E-state index in [0.29, 0.717) is 6.42 Å². The van der Waals surface area contributed by atoms with Crippen LogP contribution in [0.1, 0.15) is 31.9 Å². The van der Waals surface area contributed by atoms with Crippen LogP contribution in [0.4, 0.5) is 0 Å².